The van der Waals surface area contributed by atoms with Crippen molar-refractivity contribution in [3.8, 4) is 0 Å². The fourth-order valence-corrected chi connectivity index (χ4v) is 2.17. The van der Waals surface area contributed by atoms with Gasteiger partial charge in [-0.3, -0.25) is 4.79 Å². The van der Waals surface area contributed by atoms with E-state index in [9.17, 15) is 14.7 Å². The number of carboxylic acids is 1. The van der Waals surface area contributed by atoms with Crippen LogP contribution in [0, 0.1) is 5.92 Å². The topological polar surface area (TPSA) is 92.4 Å². The molecule has 0 fully saturated rings. The molecule has 5 nitrogen and oxygen atoms in total. The normalized spacial score (nSPS) is 12.0. The van der Waals surface area contributed by atoms with Gasteiger partial charge in [0, 0.05) is 12.0 Å². The van der Waals surface area contributed by atoms with Crippen molar-refractivity contribution in [1.82, 2.24) is 5.32 Å². The first kappa shape index (κ1) is 17.1. The van der Waals surface area contributed by atoms with Gasteiger partial charge in [0.05, 0.1) is 4.99 Å². The second kappa shape index (κ2) is 7.73. The molecule has 0 aromatic heterocycles. The molecule has 1 rings (SSSR count). The highest BCUT2D eigenvalue weighted by Crippen LogP contribution is 2.12. The number of nitrogens with two attached hydrogens (primary N) is 1. The lowest BCUT2D eigenvalue weighted by Gasteiger charge is -2.17. The number of thiocarbonyl (C=S) groups is 1. The fraction of sp³-hybridized carbons (Fsp3) is 0.400. The Kier molecular flexibility index (Phi) is 6.30. The molecule has 6 heteroatoms. The molecule has 0 saturated carbocycles. The van der Waals surface area contributed by atoms with Gasteiger partial charge in [-0.25, -0.2) is 4.79 Å². The summed E-state index contributed by atoms with van der Waals surface area (Å²) in [5, 5.41) is 11.7. The van der Waals surface area contributed by atoms with Crippen molar-refractivity contribution in [2.45, 2.75) is 32.7 Å². The standard InChI is InChI=1S/C15H20N2O3S/c1-9(2)7-12(15(19)20)17-14(18)11-6-4-3-5-10(11)8-13(16)21/h3-6,9,12H,7-8H2,1-2H3,(H2,16,21)(H,17,18)(H,19,20). The molecule has 0 aliphatic rings. The SMILES string of the molecule is CC(C)CC(NC(=O)c1ccccc1CC(N)=S)C(=O)O. The van der Waals surface area contributed by atoms with Gasteiger partial charge in [-0.1, -0.05) is 44.3 Å². The molecule has 4 N–H and O–H groups in total. The number of nitrogens with one attached hydrogen (secondary N) is 1. The van der Waals surface area contributed by atoms with E-state index in [1.54, 1.807) is 24.3 Å². The molecule has 0 bridgehead atoms. The Hall–Kier alpha value is -1.95. The summed E-state index contributed by atoms with van der Waals surface area (Å²) >= 11 is 4.86. The fourth-order valence-electron chi connectivity index (χ4n) is 2.01. The van der Waals surface area contributed by atoms with Crippen LogP contribution in [-0.2, 0) is 11.2 Å². The highest BCUT2D eigenvalue weighted by Gasteiger charge is 2.22. The van der Waals surface area contributed by atoms with Crippen LogP contribution in [0.5, 0.6) is 0 Å². The molecule has 114 valence electrons. The minimum absolute atomic E-state index is 0.165. The van der Waals surface area contributed by atoms with Crippen molar-refractivity contribution in [3.63, 3.8) is 0 Å². The molecule has 1 aromatic rings. The van der Waals surface area contributed by atoms with E-state index in [0.717, 1.165) is 0 Å². The molecule has 1 unspecified atom stereocenters. The molecule has 0 radical (unpaired) electrons. The van der Waals surface area contributed by atoms with Crippen molar-refractivity contribution in [1.29, 1.82) is 0 Å². The lowest BCUT2D eigenvalue weighted by Crippen LogP contribution is -2.42. The molecule has 1 amide bonds. The first-order valence-electron chi connectivity index (χ1n) is 6.71. The number of hydrogen-bond donors (Lipinski definition) is 3. The number of carbonyl (C=O) groups is 2. The predicted molar refractivity (Wildman–Crippen MR) is 85.3 cm³/mol. The van der Waals surface area contributed by atoms with Gasteiger partial charge in [0.25, 0.3) is 5.91 Å². The average molecular weight is 308 g/mol. The average Bonchev–Trinajstić information content (AvgIpc) is 2.37. The molecular weight excluding hydrogens is 288 g/mol. The zero-order valence-corrected chi connectivity index (χ0v) is 12.9. The highest BCUT2D eigenvalue weighted by atomic mass is 32.1. The van der Waals surface area contributed by atoms with Gasteiger partial charge in [-0.15, -0.1) is 0 Å². The predicted octanol–water partition coefficient (Wildman–Crippen LogP) is 1.74. The largest absolute Gasteiger partial charge is 0.480 e. The van der Waals surface area contributed by atoms with Crippen LogP contribution in [0.1, 0.15) is 36.2 Å². The van der Waals surface area contributed by atoms with Gasteiger partial charge in [0.2, 0.25) is 0 Å². The second-order valence-corrected chi connectivity index (χ2v) is 5.82. The van der Waals surface area contributed by atoms with Crippen molar-refractivity contribution in [2.75, 3.05) is 0 Å². The summed E-state index contributed by atoms with van der Waals surface area (Å²) in [6.07, 6.45) is 0.680. The first-order chi connectivity index (χ1) is 9.81. The van der Waals surface area contributed by atoms with E-state index < -0.39 is 17.9 Å². The number of benzene rings is 1. The number of aliphatic carboxylic acids is 1. The first-order valence-corrected chi connectivity index (χ1v) is 7.12. The minimum atomic E-state index is -1.04. The lowest BCUT2D eigenvalue weighted by atomic mass is 10.0. The number of carbonyl (C=O) groups excluding carboxylic acids is 1. The summed E-state index contributed by atoms with van der Waals surface area (Å²) in [6.45, 7) is 3.81. The summed E-state index contributed by atoms with van der Waals surface area (Å²) in [5.41, 5.74) is 6.61. The maximum Gasteiger partial charge on any atom is 0.326 e. The number of carboxylic acid groups (broad SMARTS) is 1. The Balaban J connectivity index is 2.92. The van der Waals surface area contributed by atoms with E-state index in [-0.39, 0.29) is 10.9 Å². The van der Waals surface area contributed by atoms with Crippen LogP contribution in [0.4, 0.5) is 0 Å². The van der Waals surface area contributed by atoms with Crippen LogP contribution in [0.2, 0.25) is 0 Å². The second-order valence-electron chi connectivity index (χ2n) is 5.29. The molecular formula is C15H20N2O3S. The summed E-state index contributed by atoms with van der Waals surface area (Å²) < 4.78 is 0. The van der Waals surface area contributed by atoms with Crippen LogP contribution < -0.4 is 11.1 Å². The molecule has 0 spiro atoms. The van der Waals surface area contributed by atoms with Gasteiger partial charge in [0.1, 0.15) is 6.04 Å². The molecule has 0 heterocycles. The minimum Gasteiger partial charge on any atom is -0.480 e. The molecule has 0 saturated heterocycles. The zero-order valence-electron chi connectivity index (χ0n) is 12.1. The zero-order chi connectivity index (χ0) is 16.0. The van der Waals surface area contributed by atoms with Crippen LogP contribution in [-0.4, -0.2) is 28.0 Å². The summed E-state index contributed by atoms with van der Waals surface area (Å²) in [5.74, 6) is -1.29. The molecule has 0 aliphatic heterocycles. The van der Waals surface area contributed by atoms with E-state index in [1.807, 2.05) is 13.8 Å². The van der Waals surface area contributed by atoms with Crippen LogP contribution in [0.3, 0.4) is 0 Å². The lowest BCUT2D eigenvalue weighted by molar-refractivity contribution is -0.139. The molecule has 0 aliphatic carbocycles. The summed E-state index contributed by atoms with van der Waals surface area (Å²) in [4.78, 5) is 23.8. The quantitative estimate of drug-likeness (QED) is 0.667. The molecule has 1 aromatic carbocycles. The maximum atomic E-state index is 12.3. The van der Waals surface area contributed by atoms with Gasteiger partial charge < -0.3 is 16.2 Å². The monoisotopic (exact) mass is 308 g/mol. The van der Waals surface area contributed by atoms with E-state index >= 15 is 0 Å². The van der Waals surface area contributed by atoms with Crippen molar-refractivity contribution in [3.05, 3.63) is 35.4 Å². The van der Waals surface area contributed by atoms with Gasteiger partial charge >= 0.3 is 5.97 Å². The third-order valence-electron chi connectivity index (χ3n) is 2.94. The Morgan fingerprint density at radius 2 is 1.95 bits per heavy atom. The van der Waals surface area contributed by atoms with Crippen LogP contribution in [0.15, 0.2) is 24.3 Å². The smallest absolute Gasteiger partial charge is 0.326 e. The van der Waals surface area contributed by atoms with Crippen molar-refractivity contribution in [2.24, 2.45) is 11.7 Å². The van der Waals surface area contributed by atoms with Crippen LogP contribution >= 0.6 is 12.2 Å². The Labute approximate surface area is 129 Å². The van der Waals surface area contributed by atoms with E-state index in [0.29, 0.717) is 24.0 Å². The Bertz CT molecular complexity index is 543. The Morgan fingerprint density at radius 3 is 2.48 bits per heavy atom. The number of amides is 1. The Morgan fingerprint density at radius 1 is 1.33 bits per heavy atom. The van der Waals surface area contributed by atoms with Crippen LogP contribution in [0.25, 0.3) is 0 Å². The molecule has 1 atom stereocenters. The third-order valence-corrected chi connectivity index (χ3v) is 3.08. The third kappa shape index (κ3) is 5.51. The summed E-state index contributed by atoms with van der Waals surface area (Å²) in [6, 6.07) is 5.99. The number of rotatable bonds is 7. The van der Waals surface area contributed by atoms with Crippen molar-refractivity contribution >= 4 is 29.1 Å². The molecule has 21 heavy (non-hydrogen) atoms. The van der Waals surface area contributed by atoms with E-state index in [2.05, 4.69) is 5.32 Å². The van der Waals surface area contributed by atoms with Gasteiger partial charge in [-0.2, -0.15) is 0 Å². The van der Waals surface area contributed by atoms with E-state index in [1.165, 1.54) is 0 Å². The maximum absolute atomic E-state index is 12.3. The highest BCUT2D eigenvalue weighted by molar-refractivity contribution is 7.80. The van der Waals surface area contributed by atoms with Gasteiger partial charge in [0.15, 0.2) is 0 Å². The van der Waals surface area contributed by atoms with Gasteiger partial charge in [-0.05, 0) is 24.0 Å². The number of hydrogen-bond acceptors (Lipinski definition) is 3. The van der Waals surface area contributed by atoms with Crippen molar-refractivity contribution < 1.29 is 14.7 Å². The van der Waals surface area contributed by atoms with E-state index in [4.69, 9.17) is 18.0 Å². The summed E-state index contributed by atoms with van der Waals surface area (Å²) in [7, 11) is 0.